The second-order valence-electron chi connectivity index (χ2n) is 5.91. The number of fused-ring (bicyclic) bond motifs is 3. The van der Waals surface area contributed by atoms with Crippen molar-refractivity contribution in [2.45, 2.75) is 31.9 Å². The lowest BCUT2D eigenvalue weighted by atomic mass is 9.98. The van der Waals surface area contributed by atoms with Gasteiger partial charge in [0.1, 0.15) is 6.61 Å². The van der Waals surface area contributed by atoms with Crippen LogP contribution < -0.4 is 10.4 Å². The standard InChI is InChI=1S/C17H17IN2O3/c18-12-3-4-14-11(8-12)5-6-20-15(14)9-16(19-17(20)21)23-10-13-2-1-7-22-13/h3-4,8-9,13H,1-2,5-7,10H2. The molecule has 1 atom stereocenters. The van der Waals surface area contributed by atoms with Crippen LogP contribution >= 0.6 is 22.6 Å². The van der Waals surface area contributed by atoms with Crippen molar-refractivity contribution in [3.63, 3.8) is 0 Å². The maximum Gasteiger partial charge on any atom is 0.351 e. The molecule has 0 amide bonds. The van der Waals surface area contributed by atoms with E-state index in [0.717, 1.165) is 37.1 Å². The average Bonchev–Trinajstić information content (AvgIpc) is 3.06. The van der Waals surface area contributed by atoms with Crippen LogP contribution in [0.15, 0.2) is 29.1 Å². The predicted molar refractivity (Wildman–Crippen MR) is 94.8 cm³/mol. The number of hydrogen-bond donors (Lipinski definition) is 0. The van der Waals surface area contributed by atoms with Crippen molar-refractivity contribution < 1.29 is 9.47 Å². The fourth-order valence-electron chi connectivity index (χ4n) is 3.20. The summed E-state index contributed by atoms with van der Waals surface area (Å²) in [4.78, 5) is 16.4. The molecule has 0 spiro atoms. The average molecular weight is 424 g/mol. The van der Waals surface area contributed by atoms with E-state index < -0.39 is 0 Å². The zero-order chi connectivity index (χ0) is 15.8. The molecule has 1 aromatic carbocycles. The smallest absolute Gasteiger partial charge is 0.351 e. The fourth-order valence-corrected chi connectivity index (χ4v) is 3.76. The van der Waals surface area contributed by atoms with E-state index in [1.165, 1.54) is 9.13 Å². The third-order valence-electron chi connectivity index (χ3n) is 4.38. The van der Waals surface area contributed by atoms with Crippen molar-refractivity contribution in [2.24, 2.45) is 0 Å². The minimum absolute atomic E-state index is 0.115. The van der Waals surface area contributed by atoms with E-state index >= 15 is 0 Å². The van der Waals surface area contributed by atoms with Gasteiger partial charge in [-0.15, -0.1) is 0 Å². The van der Waals surface area contributed by atoms with Gasteiger partial charge >= 0.3 is 5.69 Å². The number of aryl methyl sites for hydroxylation is 1. The summed E-state index contributed by atoms with van der Waals surface area (Å²) in [5.74, 6) is 0.392. The Morgan fingerprint density at radius 1 is 1.39 bits per heavy atom. The summed E-state index contributed by atoms with van der Waals surface area (Å²) in [6.07, 6.45) is 3.05. The number of ether oxygens (including phenoxy) is 2. The number of hydrogen-bond acceptors (Lipinski definition) is 4. The van der Waals surface area contributed by atoms with Crippen LogP contribution in [0.1, 0.15) is 18.4 Å². The largest absolute Gasteiger partial charge is 0.475 e. The van der Waals surface area contributed by atoms with Gasteiger partial charge in [-0.05, 0) is 59.5 Å². The number of halogens is 1. The summed E-state index contributed by atoms with van der Waals surface area (Å²) in [5, 5.41) is 0. The van der Waals surface area contributed by atoms with Gasteiger partial charge in [0.05, 0.1) is 11.8 Å². The maximum atomic E-state index is 12.3. The van der Waals surface area contributed by atoms with Gasteiger partial charge in [-0.2, -0.15) is 4.98 Å². The van der Waals surface area contributed by atoms with Gasteiger partial charge in [-0.3, -0.25) is 4.57 Å². The molecule has 5 nitrogen and oxygen atoms in total. The maximum absolute atomic E-state index is 12.3. The monoisotopic (exact) mass is 424 g/mol. The van der Waals surface area contributed by atoms with Gasteiger partial charge in [0.15, 0.2) is 0 Å². The summed E-state index contributed by atoms with van der Waals surface area (Å²) in [6, 6.07) is 8.19. The highest BCUT2D eigenvalue weighted by Crippen LogP contribution is 2.30. The van der Waals surface area contributed by atoms with Crippen molar-refractivity contribution in [3.8, 4) is 17.1 Å². The molecule has 1 saturated heterocycles. The molecule has 1 unspecified atom stereocenters. The first-order valence-electron chi connectivity index (χ1n) is 7.86. The number of benzene rings is 1. The molecule has 0 aliphatic carbocycles. The molecule has 0 N–H and O–H groups in total. The van der Waals surface area contributed by atoms with Crippen LogP contribution in [0, 0.1) is 3.57 Å². The van der Waals surface area contributed by atoms with Crippen LogP contribution in [0.5, 0.6) is 5.88 Å². The summed E-state index contributed by atoms with van der Waals surface area (Å²) in [6.45, 7) is 1.91. The Labute approximate surface area is 147 Å². The Morgan fingerprint density at radius 2 is 2.30 bits per heavy atom. The predicted octanol–water partition coefficient (Wildman–Crippen LogP) is 2.63. The molecule has 1 fully saturated rings. The summed E-state index contributed by atoms with van der Waals surface area (Å²) >= 11 is 2.31. The van der Waals surface area contributed by atoms with E-state index in [2.05, 4.69) is 45.8 Å². The first-order valence-corrected chi connectivity index (χ1v) is 8.94. The highest BCUT2D eigenvalue weighted by Gasteiger charge is 2.20. The quantitative estimate of drug-likeness (QED) is 0.712. The highest BCUT2D eigenvalue weighted by atomic mass is 127. The lowest BCUT2D eigenvalue weighted by Crippen LogP contribution is -2.29. The SMILES string of the molecule is O=c1nc(OCC2CCCO2)cc2n1CCc1cc(I)ccc1-2. The Balaban J connectivity index is 1.67. The van der Waals surface area contributed by atoms with Gasteiger partial charge in [0, 0.05) is 28.4 Å². The van der Waals surface area contributed by atoms with Crippen LogP contribution in [-0.2, 0) is 17.7 Å². The number of aromatic nitrogens is 2. The van der Waals surface area contributed by atoms with E-state index in [4.69, 9.17) is 9.47 Å². The second-order valence-corrected chi connectivity index (χ2v) is 7.16. The number of rotatable bonds is 3. The molecule has 0 radical (unpaired) electrons. The Kier molecular flexibility index (Phi) is 4.11. The Bertz CT molecular complexity index is 797. The van der Waals surface area contributed by atoms with Crippen molar-refractivity contribution in [3.05, 3.63) is 43.9 Å². The minimum Gasteiger partial charge on any atom is -0.475 e. The van der Waals surface area contributed by atoms with E-state index in [1.54, 1.807) is 4.57 Å². The van der Waals surface area contributed by atoms with Crippen LogP contribution in [0.3, 0.4) is 0 Å². The third kappa shape index (κ3) is 3.01. The molecule has 3 heterocycles. The Morgan fingerprint density at radius 3 is 3.13 bits per heavy atom. The van der Waals surface area contributed by atoms with E-state index in [-0.39, 0.29) is 11.8 Å². The molecule has 120 valence electrons. The molecule has 2 aliphatic heterocycles. The molecule has 2 aromatic rings. The molecular weight excluding hydrogens is 407 g/mol. The number of nitrogens with zero attached hydrogens (tertiary/aromatic N) is 2. The zero-order valence-electron chi connectivity index (χ0n) is 12.6. The van der Waals surface area contributed by atoms with Gasteiger partial charge in [0.25, 0.3) is 0 Å². The van der Waals surface area contributed by atoms with Crippen LogP contribution in [0.25, 0.3) is 11.3 Å². The van der Waals surface area contributed by atoms with Crippen molar-refractivity contribution in [1.29, 1.82) is 0 Å². The second kappa shape index (κ2) is 6.24. The van der Waals surface area contributed by atoms with Crippen LogP contribution in [-0.4, -0.2) is 28.9 Å². The normalized spacial score (nSPS) is 19.3. The third-order valence-corrected chi connectivity index (χ3v) is 5.05. The van der Waals surface area contributed by atoms with E-state index in [1.807, 2.05) is 6.07 Å². The van der Waals surface area contributed by atoms with Gasteiger partial charge in [-0.25, -0.2) is 4.79 Å². The van der Waals surface area contributed by atoms with Crippen LogP contribution in [0.2, 0.25) is 0 Å². The summed E-state index contributed by atoms with van der Waals surface area (Å²) in [5.41, 5.74) is 3.02. The molecule has 6 heteroatoms. The topological polar surface area (TPSA) is 53.4 Å². The lowest BCUT2D eigenvalue weighted by Gasteiger charge is -2.22. The molecule has 0 saturated carbocycles. The summed E-state index contributed by atoms with van der Waals surface area (Å²) in [7, 11) is 0. The molecule has 2 aliphatic rings. The molecule has 0 bridgehead atoms. The van der Waals surface area contributed by atoms with Gasteiger partial charge in [0.2, 0.25) is 5.88 Å². The van der Waals surface area contributed by atoms with Crippen molar-refractivity contribution in [1.82, 2.24) is 9.55 Å². The van der Waals surface area contributed by atoms with E-state index in [9.17, 15) is 4.79 Å². The molecule has 4 rings (SSSR count). The fraction of sp³-hybridized carbons (Fsp3) is 0.412. The van der Waals surface area contributed by atoms with Crippen molar-refractivity contribution in [2.75, 3.05) is 13.2 Å². The highest BCUT2D eigenvalue weighted by molar-refractivity contribution is 14.1. The molecule has 23 heavy (non-hydrogen) atoms. The first kappa shape index (κ1) is 15.1. The first-order chi connectivity index (χ1) is 11.2. The molecular formula is C17H17IN2O3. The lowest BCUT2D eigenvalue weighted by molar-refractivity contribution is 0.0661. The minimum atomic E-state index is -0.242. The zero-order valence-corrected chi connectivity index (χ0v) is 14.8. The van der Waals surface area contributed by atoms with Crippen LogP contribution in [0.4, 0.5) is 0 Å². The van der Waals surface area contributed by atoms with Gasteiger partial charge in [-0.1, -0.05) is 6.07 Å². The molecule has 1 aromatic heterocycles. The Hall–Kier alpha value is -1.41. The van der Waals surface area contributed by atoms with Gasteiger partial charge < -0.3 is 9.47 Å². The summed E-state index contributed by atoms with van der Waals surface area (Å²) < 4.78 is 14.2. The van der Waals surface area contributed by atoms with Crippen molar-refractivity contribution >= 4 is 22.6 Å². The van der Waals surface area contributed by atoms with E-state index in [0.29, 0.717) is 19.0 Å².